The van der Waals surface area contributed by atoms with Crippen LogP contribution in [-0.2, 0) is 11.3 Å². The van der Waals surface area contributed by atoms with Crippen molar-refractivity contribution in [2.45, 2.75) is 24.9 Å². The molecule has 21 heavy (non-hydrogen) atoms. The van der Waals surface area contributed by atoms with E-state index in [4.69, 9.17) is 5.53 Å². The monoisotopic (exact) mass is 285 g/mol. The van der Waals surface area contributed by atoms with Crippen molar-refractivity contribution < 1.29 is 9.59 Å². The van der Waals surface area contributed by atoms with Gasteiger partial charge in [0.25, 0.3) is 5.91 Å². The van der Waals surface area contributed by atoms with Crippen LogP contribution >= 0.6 is 0 Å². The standard InChI is InChI=1S/C14H15N5O2/c15-18-16-8-11-6-14(7-11)12(20)19(13(21)17-14)9-10-4-2-1-3-5-10/h1-5,11H,6-9H2,(H,17,21). The second-order valence-corrected chi connectivity index (χ2v) is 5.58. The Balaban J connectivity index is 1.68. The molecular formula is C14H15N5O2. The average molecular weight is 285 g/mol. The highest BCUT2D eigenvalue weighted by atomic mass is 16.2. The van der Waals surface area contributed by atoms with Crippen LogP contribution in [0, 0.1) is 5.92 Å². The van der Waals surface area contributed by atoms with Crippen molar-refractivity contribution in [2.75, 3.05) is 6.54 Å². The molecule has 7 heteroatoms. The van der Waals surface area contributed by atoms with Gasteiger partial charge in [0.2, 0.25) is 0 Å². The fourth-order valence-electron chi connectivity index (χ4n) is 3.07. The highest BCUT2D eigenvalue weighted by Crippen LogP contribution is 2.42. The maximum absolute atomic E-state index is 12.5. The summed E-state index contributed by atoms with van der Waals surface area (Å²) >= 11 is 0. The third-order valence-electron chi connectivity index (χ3n) is 4.11. The second kappa shape index (κ2) is 5.10. The van der Waals surface area contributed by atoms with Crippen molar-refractivity contribution in [3.8, 4) is 0 Å². The van der Waals surface area contributed by atoms with Gasteiger partial charge >= 0.3 is 6.03 Å². The van der Waals surface area contributed by atoms with E-state index in [9.17, 15) is 9.59 Å². The first-order valence-electron chi connectivity index (χ1n) is 6.83. The summed E-state index contributed by atoms with van der Waals surface area (Å²) in [7, 11) is 0. The number of carbonyl (C=O) groups is 2. The topological polar surface area (TPSA) is 98.2 Å². The van der Waals surface area contributed by atoms with E-state index < -0.39 is 5.54 Å². The highest BCUT2D eigenvalue weighted by Gasteiger charge is 2.58. The van der Waals surface area contributed by atoms with Gasteiger partial charge in [0.1, 0.15) is 5.54 Å². The van der Waals surface area contributed by atoms with E-state index in [1.807, 2.05) is 30.3 Å². The van der Waals surface area contributed by atoms with Crippen LogP contribution in [0.25, 0.3) is 10.4 Å². The van der Waals surface area contributed by atoms with Gasteiger partial charge in [0.05, 0.1) is 6.54 Å². The van der Waals surface area contributed by atoms with Gasteiger partial charge in [-0.1, -0.05) is 35.4 Å². The predicted octanol–water partition coefficient (Wildman–Crippen LogP) is 2.20. The SMILES string of the molecule is [N-]=[N+]=NCC1CC2(C1)NC(=O)N(Cc1ccccc1)C2=O. The zero-order valence-corrected chi connectivity index (χ0v) is 11.4. The molecule has 0 aromatic heterocycles. The minimum absolute atomic E-state index is 0.168. The fraction of sp³-hybridized carbons (Fsp3) is 0.429. The molecule has 2 fully saturated rings. The van der Waals surface area contributed by atoms with E-state index in [0.717, 1.165) is 5.56 Å². The Hall–Kier alpha value is -2.53. The van der Waals surface area contributed by atoms with Crippen LogP contribution in [0.4, 0.5) is 4.79 Å². The minimum atomic E-state index is -0.776. The number of benzene rings is 1. The lowest BCUT2D eigenvalue weighted by Crippen LogP contribution is -2.57. The smallest absolute Gasteiger partial charge is 0.323 e. The van der Waals surface area contributed by atoms with Crippen LogP contribution < -0.4 is 5.32 Å². The molecule has 0 bridgehead atoms. The van der Waals surface area contributed by atoms with Crippen molar-refractivity contribution in [3.63, 3.8) is 0 Å². The first-order chi connectivity index (χ1) is 10.1. The lowest BCUT2D eigenvalue weighted by atomic mass is 9.68. The van der Waals surface area contributed by atoms with Gasteiger partial charge in [-0.15, -0.1) is 0 Å². The number of rotatable bonds is 4. The lowest BCUT2D eigenvalue weighted by molar-refractivity contribution is -0.136. The van der Waals surface area contributed by atoms with Crippen LogP contribution in [0.2, 0.25) is 0 Å². The van der Waals surface area contributed by atoms with Crippen molar-refractivity contribution in [1.29, 1.82) is 0 Å². The molecule has 0 unspecified atom stereocenters. The van der Waals surface area contributed by atoms with Crippen LogP contribution in [0.3, 0.4) is 0 Å². The molecule has 1 heterocycles. The summed E-state index contributed by atoms with van der Waals surface area (Å²) in [5.41, 5.74) is 8.45. The predicted molar refractivity (Wildman–Crippen MR) is 75.0 cm³/mol. The summed E-state index contributed by atoms with van der Waals surface area (Å²) in [6.45, 7) is 0.661. The van der Waals surface area contributed by atoms with Crippen molar-refractivity contribution in [1.82, 2.24) is 10.2 Å². The highest BCUT2D eigenvalue weighted by molar-refractivity contribution is 6.07. The molecule has 108 valence electrons. The van der Waals surface area contributed by atoms with Gasteiger partial charge in [-0.25, -0.2) is 4.79 Å². The van der Waals surface area contributed by atoms with E-state index in [-0.39, 0.29) is 24.4 Å². The number of nitrogens with zero attached hydrogens (tertiary/aromatic N) is 4. The molecule has 1 saturated carbocycles. The number of amides is 3. The summed E-state index contributed by atoms with van der Waals surface area (Å²) in [6.07, 6.45) is 1.09. The molecule has 1 aliphatic heterocycles. The first-order valence-corrected chi connectivity index (χ1v) is 6.83. The van der Waals surface area contributed by atoms with E-state index >= 15 is 0 Å². The normalized spacial score (nSPS) is 27.2. The molecule has 3 rings (SSSR count). The summed E-state index contributed by atoms with van der Waals surface area (Å²) < 4.78 is 0. The largest absolute Gasteiger partial charge is 0.325 e. The molecule has 1 aromatic carbocycles. The summed E-state index contributed by atoms with van der Waals surface area (Å²) in [6, 6.07) is 9.08. The summed E-state index contributed by atoms with van der Waals surface area (Å²) in [5, 5.41) is 6.32. The molecule has 0 atom stereocenters. The zero-order valence-electron chi connectivity index (χ0n) is 11.4. The third kappa shape index (κ3) is 2.32. The van der Waals surface area contributed by atoms with Gasteiger partial charge in [-0.05, 0) is 29.9 Å². The first kappa shape index (κ1) is 13.5. The molecule has 7 nitrogen and oxygen atoms in total. The van der Waals surface area contributed by atoms with Crippen molar-refractivity contribution in [2.24, 2.45) is 11.0 Å². The molecule has 1 N–H and O–H groups in total. The Labute approximate surface area is 121 Å². The molecule has 0 radical (unpaired) electrons. The van der Waals surface area contributed by atoms with E-state index in [1.165, 1.54) is 4.90 Å². The lowest BCUT2D eigenvalue weighted by Gasteiger charge is -2.42. The molecule has 1 aliphatic carbocycles. The number of hydrogen-bond acceptors (Lipinski definition) is 3. The zero-order chi connectivity index (χ0) is 14.9. The average Bonchev–Trinajstić information content (AvgIpc) is 2.70. The maximum Gasteiger partial charge on any atom is 0.325 e. The summed E-state index contributed by atoms with van der Waals surface area (Å²) in [4.78, 5) is 28.5. The minimum Gasteiger partial charge on any atom is -0.323 e. The molecule has 1 aromatic rings. The molecule has 2 aliphatic rings. The van der Waals surface area contributed by atoms with Crippen LogP contribution in [-0.4, -0.2) is 28.9 Å². The summed E-state index contributed by atoms with van der Waals surface area (Å²) in [5.74, 6) is -0.00429. The quantitative estimate of drug-likeness (QED) is 0.397. The number of hydrogen-bond donors (Lipinski definition) is 1. The Morgan fingerprint density at radius 1 is 1.33 bits per heavy atom. The Morgan fingerprint density at radius 2 is 2.05 bits per heavy atom. The maximum atomic E-state index is 12.5. The fourth-order valence-corrected chi connectivity index (χ4v) is 3.07. The van der Waals surface area contributed by atoms with Gasteiger partial charge in [0, 0.05) is 11.5 Å². The van der Waals surface area contributed by atoms with Gasteiger partial charge in [-0.2, -0.15) is 0 Å². The number of nitrogens with one attached hydrogen (secondary N) is 1. The molecular weight excluding hydrogens is 270 g/mol. The van der Waals surface area contributed by atoms with Crippen LogP contribution in [0.1, 0.15) is 18.4 Å². The van der Waals surface area contributed by atoms with Gasteiger partial charge < -0.3 is 5.32 Å². The second-order valence-electron chi connectivity index (χ2n) is 5.58. The number of imide groups is 1. The third-order valence-corrected chi connectivity index (χ3v) is 4.11. The Bertz CT molecular complexity index is 618. The van der Waals surface area contributed by atoms with E-state index in [0.29, 0.717) is 19.4 Å². The molecule has 3 amide bonds. The number of azide groups is 1. The van der Waals surface area contributed by atoms with Crippen molar-refractivity contribution >= 4 is 11.9 Å². The van der Waals surface area contributed by atoms with Crippen LogP contribution in [0.5, 0.6) is 0 Å². The van der Waals surface area contributed by atoms with Crippen LogP contribution in [0.15, 0.2) is 35.4 Å². The molecule has 1 spiro atoms. The van der Waals surface area contributed by atoms with Gasteiger partial charge in [-0.3, -0.25) is 9.69 Å². The Morgan fingerprint density at radius 3 is 2.71 bits per heavy atom. The molecule has 1 saturated heterocycles. The number of urea groups is 1. The van der Waals surface area contributed by atoms with Crippen molar-refractivity contribution in [3.05, 3.63) is 46.3 Å². The number of carbonyl (C=O) groups excluding carboxylic acids is 2. The van der Waals surface area contributed by atoms with E-state index in [2.05, 4.69) is 15.3 Å². The Kier molecular flexibility index (Phi) is 3.27. The van der Waals surface area contributed by atoms with Gasteiger partial charge in [0.15, 0.2) is 0 Å². The van der Waals surface area contributed by atoms with E-state index in [1.54, 1.807) is 0 Å².